The highest BCUT2D eigenvalue weighted by molar-refractivity contribution is 14.0. The van der Waals surface area contributed by atoms with Crippen molar-refractivity contribution in [2.24, 2.45) is 16.8 Å². The van der Waals surface area contributed by atoms with Crippen LogP contribution in [0.25, 0.3) is 0 Å². The van der Waals surface area contributed by atoms with Gasteiger partial charge in [0.25, 0.3) is 5.91 Å². The van der Waals surface area contributed by atoms with E-state index in [2.05, 4.69) is 34.8 Å². The van der Waals surface area contributed by atoms with E-state index in [1.54, 1.807) is 0 Å². The predicted molar refractivity (Wildman–Crippen MR) is 137 cm³/mol. The number of benzene rings is 1. The van der Waals surface area contributed by atoms with Crippen molar-refractivity contribution in [1.82, 2.24) is 16.0 Å². The fourth-order valence-electron chi connectivity index (χ4n) is 3.13. The molecule has 1 rings (SSSR count). The number of nitrogens with one attached hydrogen (secondary N) is 3. The Balaban J connectivity index is 0.00000841. The van der Waals surface area contributed by atoms with E-state index >= 15 is 0 Å². The summed E-state index contributed by atoms with van der Waals surface area (Å²) in [7, 11) is 0. The molecule has 0 aliphatic rings. The molecule has 6 nitrogen and oxygen atoms in total. The molecule has 0 aliphatic heterocycles. The SMILES string of the molecule is CCNC(=NCc1cccc(C(=O)NC(C)(C)C)c1)NCC(CCO)CC(C)C.I. The maximum Gasteiger partial charge on any atom is 0.251 e. The number of carbonyl (C=O) groups excluding carboxylic acids is 1. The van der Waals surface area contributed by atoms with Gasteiger partial charge in [0.2, 0.25) is 0 Å². The van der Waals surface area contributed by atoms with Crippen molar-refractivity contribution in [3.05, 3.63) is 35.4 Å². The quantitative estimate of drug-likeness (QED) is 0.209. The number of hydrogen-bond donors (Lipinski definition) is 4. The third-order valence-corrected chi connectivity index (χ3v) is 4.34. The molecule has 0 bridgehead atoms. The summed E-state index contributed by atoms with van der Waals surface area (Å²) in [6.07, 6.45) is 1.85. The molecule has 1 aromatic rings. The number of rotatable bonds is 10. The van der Waals surface area contributed by atoms with Gasteiger partial charge in [0.15, 0.2) is 5.96 Å². The van der Waals surface area contributed by atoms with Crippen LogP contribution in [0.5, 0.6) is 0 Å². The van der Waals surface area contributed by atoms with Crippen molar-refractivity contribution < 1.29 is 9.90 Å². The molecule has 0 saturated carbocycles. The van der Waals surface area contributed by atoms with Crippen molar-refractivity contribution in [2.75, 3.05) is 19.7 Å². The number of aliphatic hydroxyl groups excluding tert-OH is 1. The number of nitrogens with zero attached hydrogens (tertiary/aromatic N) is 1. The van der Waals surface area contributed by atoms with Crippen LogP contribution in [0.15, 0.2) is 29.3 Å². The summed E-state index contributed by atoms with van der Waals surface area (Å²) in [4.78, 5) is 17.1. The van der Waals surface area contributed by atoms with Gasteiger partial charge in [-0.2, -0.15) is 0 Å². The first kappa shape index (κ1) is 28.6. The molecule has 0 spiro atoms. The first-order valence-electron chi connectivity index (χ1n) is 10.7. The van der Waals surface area contributed by atoms with E-state index in [9.17, 15) is 9.90 Å². The van der Waals surface area contributed by atoms with Crippen LogP contribution in [0.4, 0.5) is 0 Å². The van der Waals surface area contributed by atoms with E-state index in [4.69, 9.17) is 0 Å². The summed E-state index contributed by atoms with van der Waals surface area (Å²) in [5.41, 5.74) is 1.36. The topological polar surface area (TPSA) is 85.8 Å². The zero-order valence-electron chi connectivity index (χ0n) is 19.4. The molecular formula is C23H41IN4O2. The van der Waals surface area contributed by atoms with Gasteiger partial charge < -0.3 is 21.1 Å². The second-order valence-electron chi connectivity index (χ2n) is 8.99. The molecule has 0 radical (unpaired) electrons. The van der Waals surface area contributed by atoms with Crippen molar-refractivity contribution in [2.45, 2.75) is 66.5 Å². The van der Waals surface area contributed by atoms with Gasteiger partial charge in [-0.1, -0.05) is 26.0 Å². The highest BCUT2D eigenvalue weighted by Crippen LogP contribution is 2.14. The van der Waals surface area contributed by atoms with E-state index < -0.39 is 0 Å². The number of aliphatic hydroxyl groups is 1. The minimum Gasteiger partial charge on any atom is -0.396 e. The van der Waals surface area contributed by atoms with Gasteiger partial charge in [0, 0.05) is 30.8 Å². The summed E-state index contributed by atoms with van der Waals surface area (Å²) >= 11 is 0. The average Bonchev–Trinajstić information content (AvgIpc) is 2.62. The molecule has 4 N–H and O–H groups in total. The number of guanidine groups is 1. The van der Waals surface area contributed by atoms with Crippen LogP contribution < -0.4 is 16.0 Å². The Morgan fingerprint density at radius 2 is 1.90 bits per heavy atom. The smallest absolute Gasteiger partial charge is 0.251 e. The van der Waals surface area contributed by atoms with Crippen LogP contribution in [0, 0.1) is 11.8 Å². The second-order valence-corrected chi connectivity index (χ2v) is 8.99. The lowest BCUT2D eigenvalue weighted by atomic mass is 9.94. The van der Waals surface area contributed by atoms with E-state index in [-0.39, 0.29) is 42.0 Å². The molecule has 1 atom stereocenters. The van der Waals surface area contributed by atoms with Crippen LogP contribution >= 0.6 is 24.0 Å². The Morgan fingerprint density at radius 1 is 1.20 bits per heavy atom. The number of halogens is 1. The standard InChI is InChI=1S/C23H40N4O2.HI/c1-7-24-22(26-16-19(11-12-28)13-17(2)3)25-15-18-9-8-10-20(14-18)21(29)27-23(4,5)6;/h8-10,14,17,19,28H,7,11-13,15-16H2,1-6H3,(H,27,29)(H2,24,25,26);1H. The molecular weight excluding hydrogens is 491 g/mol. The van der Waals surface area contributed by atoms with E-state index in [0.717, 1.165) is 37.5 Å². The maximum absolute atomic E-state index is 12.4. The van der Waals surface area contributed by atoms with Crippen LogP contribution in [0.2, 0.25) is 0 Å². The summed E-state index contributed by atoms with van der Waals surface area (Å²) in [5, 5.41) is 19.0. The monoisotopic (exact) mass is 532 g/mol. The zero-order chi connectivity index (χ0) is 21.9. The van der Waals surface area contributed by atoms with Gasteiger partial charge in [-0.25, -0.2) is 4.99 Å². The fourth-order valence-corrected chi connectivity index (χ4v) is 3.13. The third kappa shape index (κ3) is 12.4. The molecule has 1 aromatic carbocycles. The highest BCUT2D eigenvalue weighted by Gasteiger charge is 2.15. The number of aliphatic imine (C=N–C) groups is 1. The average molecular weight is 533 g/mol. The van der Waals surface area contributed by atoms with Gasteiger partial charge in [0.05, 0.1) is 6.54 Å². The van der Waals surface area contributed by atoms with Gasteiger partial charge in [0.1, 0.15) is 0 Å². The number of hydrogen-bond acceptors (Lipinski definition) is 3. The lowest BCUT2D eigenvalue weighted by Crippen LogP contribution is -2.40. The van der Waals surface area contributed by atoms with Crippen molar-refractivity contribution in [3.63, 3.8) is 0 Å². The first-order chi connectivity index (χ1) is 13.6. The summed E-state index contributed by atoms with van der Waals surface area (Å²) in [5.74, 6) is 1.68. The van der Waals surface area contributed by atoms with Gasteiger partial charge >= 0.3 is 0 Å². The highest BCUT2D eigenvalue weighted by atomic mass is 127. The van der Waals surface area contributed by atoms with E-state index in [1.165, 1.54) is 0 Å². The minimum atomic E-state index is -0.269. The molecule has 1 unspecified atom stereocenters. The Hall–Kier alpha value is -1.35. The molecule has 172 valence electrons. The second kappa shape index (κ2) is 14.6. The summed E-state index contributed by atoms with van der Waals surface area (Å²) < 4.78 is 0. The zero-order valence-corrected chi connectivity index (χ0v) is 21.7. The molecule has 0 aromatic heterocycles. The molecule has 1 amide bonds. The third-order valence-electron chi connectivity index (χ3n) is 4.34. The van der Waals surface area contributed by atoms with Gasteiger partial charge in [-0.15, -0.1) is 24.0 Å². The number of amides is 1. The van der Waals surface area contributed by atoms with Crippen LogP contribution in [0.1, 0.15) is 70.3 Å². The number of carbonyl (C=O) groups is 1. The van der Waals surface area contributed by atoms with Crippen LogP contribution in [-0.2, 0) is 6.54 Å². The van der Waals surface area contributed by atoms with E-state index in [1.807, 2.05) is 52.0 Å². The van der Waals surface area contributed by atoms with Crippen molar-refractivity contribution >= 4 is 35.8 Å². The van der Waals surface area contributed by atoms with Crippen LogP contribution in [0.3, 0.4) is 0 Å². The lowest BCUT2D eigenvalue weighted by Gasteiger charge is -2.21. The Morgan fingerprint density at radius 3 is 2.47 bits per heavy atom. The Kier molecular flexibility index (Phi) is 14.0. The normalized spacial score (nSPS) is 12.9. The Labute approximate surface area is 199 Å². The van der Waals surface area contributed by atoms with Crippen molar-refractivity contribution in [3.8, 4) is 0 Å². The maximum atomic E-state index is 12.4. The lowest BCUT2D eigenvalue weighted by molar-refractivity contribution is 0.0919. The predicted octanol–water partition coefficient (Wildman–Crippen LogP) is 3.93. The van der Waals surface area contributed by atoms with Gasteiger partial charge in [-0.3, -0.25) is 4.79 Å². The molecule has 0 saturated heterocycles. The van der Waals surface area contributed by atoms with E-state index in [0.29, 0.717) is 23.9 Å². The molecule has 7 heteroatoms. The molecule has 0 heterocycles. The minimum absolute atomic E-state index is 0. The van der Waals surface area contributed by atoms with Crippen LogP contribution in [-0.4, -0.2) is 42.2 Å². The summed E-state index contributed by atoms with van der Waals surface area (Å²) in [6.45, 7) is 14.6. The fraction of sp³-hybridized carbons (Fsp3) is 0.652. The molecule has 30 heavy (non-hydrogen) atoms. The first-order valence-corrected chi connectivity index (χ1v) is 10.7. The van der Waals surface area contributed by atoms with Crippen molar-refractivity contribution in [1.29, 1.82) is 0 Å². The largest absolute Gasteiger partial charge is 0.396 e. The molecule has 0 fully saturated rings. The summed E-state index contributed by atoms with van der Waals surface area (Å²) in [6, 6.07) is 7.58. The molecule has 0 aliphatic carbocycles. The Bertz CT molecular complexity index is 657. The van der Waals surface area contributed by atoms with Gasteiger partial charge in [-0.05, 0) is 70.1 Å².